The van der Waals surface area contributed by atoms with Gasteiger partial charge in [0.2, 0.25) is 15.9 Å². The van der Waals surface area contributed by atoms with Crippen molar-refractivity contribution in [2.24, 2.45) is 11.8 Å². The van der Waals surface area contributed by atoms with E-state index in [0.717, 1.165) is 32.5 Å². The minimum absolute atomic E-state index is 0.0474. The van der Waals surface area contributed by atoms with Gasteiger partial charge in [0.1, 0.15) is 10.6 Å². The average molecular weight is 475 g/mol. The zero-order valence-electron chi connectivity index (χ0n) is 19.5. The fourth-order valence-corrected chi connectivity index (χ4v) is 6.85. The highest BCUT2D eigenvalue weighted by molar-refractivity contribution is 7.89. The quantitative estimate of drug-likeness (QED) is 0.663. The van der Waals surface area contributed by atoms with Crippen LogP contribution in [0.1, 0.15) is 42.7 Å². The summed E-state index contributed by atoms with van der Waals surface area (Å²) in [6.07, 6.45) is 3.59. The van der Waals surface area contributed by atoms with Crippen LogP contribution in [-0.2, 0) is 21.4 Å². The number of aromatic nitrogens is 1. The predicted molar refractivity (Wildman–Crippen MR) is 125 cm³/mol. The van der Waals surface area contributed by atoms with Crippen LogP contribution >= 0.6 is 0 Å². The number of piperidine rings is 2. The molecule has 3 heterocycles. The van der Waals surface area contributed by atoms with E-state index in [1.54, 1.807) is 13.8 Å². The molecule has 2 aromatic rings. The van der Waals surface area contributed by atoms with Gasteiger partial charge in [-0.05, 0) is 57.6 Å². The molecule has 1 aromatic carbocycles. The summed E-state index contributed by atoms with van der Waals surface area (Å²) in [4.78, 5) is 15.5. The third-order valence-electron chi connectivity index (χ3n) is 6.74. The average Bonchev–Trinajstić information content (AvgIpc) is 3.17. The molecule has 0 aliphatic carbocycles. The van der Waals surface area contributed by atoms with Gasteiger partial charge >= 0.3 is 0 Å². The highest BCUT2D eigenvalue weighted by Crippen LogP contribution is 2.28. The lowest BCUT2D eigenvalue weighted by Crippen LogP contribution is -2.47. The molecule has 2 saturated heterocycles. The summed E-state index contributed by atoms with van der Waals surface area (Å²) >= 11 is 0. The minimum Gasteiger partial charge on any atom is -0.360 e. The van der Waals surface area contributed by atoms with Crippen LogP contribution in [0.2, 0.25) is 0 Å². The second-order valence-electron chi connectivity index (χ2n) is 9.33. The number of nitrogens with one attached hydrogen (secondary N) is 1. The van der Waals surface area contributed by atoms with E-state index >= 15 is 0 Å². The highest BCUT2D eigenvalue weighted by atomic mass is 32.2. The number of rotatable bonds is 7. The lowest BCUT2D eigenvalue weighted by atomic mass is 9.95. The fraction of sp³-hybridized carbons (Fsp3) is 0.583. The van der Waals surface area contributed by atoms with Gasteiger partial charge in [0.25, 0.3) is 0 Å². The Hall–Kier alpha value is -2.23. The van der Waals surface area contributed by atoms with Crippen molar-refractivity contribution >= 4 is 15.9 Å². The van der Waals surface area contributed by atoms with Gasteiger partial charge in [-0.1, -0.05) is 35.5 Å². The number of benzene rings is 1. The van der Waals surface area contributed by atoms with Gasteiger partial charge in [0, 0.05) is 32.7 Å². The van der Waals surface area contributed by atoms with E-state index in [1.165, 1.54) is 9.87 Å². The molecule has 2 aliphatic heterocycles. The zero-order valence-corrected chi connectivity index (χ0v) is 20.3. The molecular formula is C24H34N4O4S. The summed E-state index contributed by atoms with van der Waals surface area (Å²) in [5.74, 6) is 0.320. The third kappa shape index (κ3) is 5.65. The van der Waals surface area contributed by atoms with Crippen LogP contribution in [-0.4, -0.2) is 61.4 Å². The molecule has 0 spiro atoms. The Morgan fingerprint density at radius 2 is 1.88 bits per heavy atom. The van der Waals surface area contributed by atoms with E-state index < -0.39 is 10.0 Å². The summed E-state index contributed by atoms with van der Waals surface area (Å²) in [7, 11) is -3.73. The van der Waals surface area contributed by atoms with Gasteiger partial charge in [0.15, 0.2) is 5.76 Å². The first-order valence-corrected chi connectivity index (χ1v) is 13.3. The smallest absolute Gasteiger partial charge is 0.248 e. The van der Waals surface area contributed by atoms with E-state index in [4.69, 9.17) is 4.52 Å². The Morgan fingerprint density at radius 1 is 1.12 bits per heavy atom. The van der Waals surface area contributed by atoms with Gasteiger partial charge < -0.3 is 9.84 Å². The molecule has 1 aromatic heterocycles. The van der Waals surface area contributed by atoms with Gasteiger partial charge in [-0.3, -0.25) is 9.69 Å². The third-order valence-corrected chi connectivity index (χ3v) is 8.85. The van der Waals surface area contributed by atoms with Gasteiger partial charge in [-0.25, -0.2) is 8.42 Å². The largest absolute Gasteiger partial charge is 0.360 e. The maximum atomic E-state index is 13.1. The van der Waals surface area contributed by atoms with Crippen molar-refractivity contribution in [2.75, 3.05) is 32.7 Å². The van der Waals surface area contributed by atoms with Crippen molar-refractivity contribution in [3.05, 3.63) is 47.3 Å². The van der Waals surface area contributed by atoms with E-state index in [1.807, 2.05) is 6.07 Å². The first-order chi connectivity index (χ1) is 15.8. The minimum atomic E-state index is -3.73. The fourth-order valence-electron chi connectivity index (χ4n) is 5.04. The number of hydrogen-bond acceptors (Lipinski definition) is 6. The molecule has 2 fully saturated rings. The van der Waals surface area contributed by atoms with Crippen LogP contribution in [0.4, 0.5) is 0 Å². The number of hydrogen-bond donors (Lipinski definition) is 1. The summed E-state index contributed by atoms with van der Waals surface area (Å²) < 4.78 is 32.7. The van der Waals surface area contributed by atoms with Crippen molar-refractivity contribution in [3.8, 4) is 0 Å². The Bertz CT molecular complexity index is 1030. The number of nitrogens with zero attached hydrogens (tertiary/aromatic N) is 3. The van der Waals surface area contributed by atoms with Crippen molar-refractivity contribution in [3.63, 3.8) is 0 Å². The summed E-state index contributed by atoms with van der Waals surface area (Å²) in [6, 6.07) is 10.5. The Morgan fingerprint density at radius 3 is 2.61 bits per heavy atom. The molecule has 0 saturated carbocycles. The molecule has 2 atom stereocenters. The molecule has 8 nitrogen and oxygen atoms in total. The van der Waals surface area contributed by atoms with E-state index in [0.29, 0.717) is 37.5 Å². The van der Waals surface area contributed by atoms with Crippen LogP contribution in [0.5, 0.6) is 0 Å². The van der Waals surface area contributed by atoms with Crippen molar-refractivity contribution < 1.29 is 17.7 Å². The van der Waals surface area contributed by atoms with Crippen LogP contribution < -0.4 is 5.32 Å². The second kappa shape index (κ2) is 10.4. The molecule has 9 heteroatoms. The summed E-state index contributed by atoms with van der Waals surface area (Å²) in [5.41, 5.74) is 1.67. The number of carbonyl (C=O) groups is 1. The standard InChI is InChI=1S/C24H34N4O4S/c1-18-23(19(2)32-26-18)33(30,31)28-13-7-11-22(17-28)24(29)25-14-21-10-6-12-27(16-21)15-20-8-4-3-5-9-20/h3-5,8-9,21-22H,6-7,10-17H2,1-2H3,(H,25,29). The summed E-state index contributed by atoms with van der Waals surface area (Å²) in [6.45, 7) is 7.45. The first kappa shape index (κ1) is 23.9. The lowest BCUT2D eigenvalue weighted by molar-refractivity contribution is -0.126. The maximum absolute atomic E-state index is 13.1. The number of amides is 1. The Kier molecular flexibility index (Phi) is 7.51. The molecule has 33 heavy (non-hydrogen) atoms. The maximum Gasteiger partial charge on any atom is 0.248 e. The van der Waals surface area contributed by atoms with Gasteiger partial charge in [-0.15, -0.1) is 0 Å². The van der Waals surface area contributed by atoms with Gasteiger partial charge in [0.05, 0.1) is 5.92 Å². The van der Waals surface area contributed by atoms with Crippen LogP contribution in [0.3, 0.4) is 0 Å². The highest BCUT2D eigenvalue weighted by Gasteiger charge is 2.36. The predicted octanol–water partition coefficient (Wildman–Crippen LogP) is 2.72. The zero-order chi connectivity index (χ0) is 23.4. The number of sulfonamides is 1. The summed E-state index contributed by atoms with van der Waals surface area (Å²) in [5, 5.41) is 6.90. The molecule has 2 aliphatic rings. The molecule has 180 valence electrons. The molecule has 2 unspecified atom stereocenters. The molecule has 1 amide bonds. The Balaban J connectivity index is 1.30. The number of likely N-dealkylation sites (tertiary alicyclic amines) is 1. The van der Waals surface area contributed by atoms with Crippen LogP contribution in [0, 0.1) is 25.7 Å². The molecule has 0 bridgehead atoms. The van der Waals surface area contributed by atoms with E-state index in [2.05, 4.69) is 39.6 Å². The first-order valence-electron chi connectivity index (χ1n) is 11.8. The van der Waals surface area contributed by atoms with E-state index in [9.17, 15) is 13.2 Å². The van der Waals surface area contributed by atoms with Crippen molar-refractivity contribution in [2.45, 2.75) is 51.0 Å². The molecule has 1 N–H and O–H groups in total. The molecule has 4 rings (SSSR count). The topological polar surface area (TPSA) is 95.8 Å². The van der Waals surface area contributed by atoms with Crippen LogP contribution in [0.15, 0.2) is 39.8 Å². The monoisotopic (exact) mass is 474 g/mol. The van der Waals surface area contributed by atoms with Gasteiger partial charge in [-0.2, -0.15) is 4.31 Å². The SMILES string of the molecule is Cc1noc(C)c1S(=O)(=O)N1CCCC(C(=O)NCC2CCCN(Cc3ccccc3)C2)C1. The van der Waals surface area contributed by atoms with E-state index in [-0.39, 0.29) is 29.0 Å². The van der Waals surface area contributed by atoms with Crippen LogP contribution in [0.25, 0.3) is 0 Å². The normalized spacial score (nSPS) is 22.8. The molecular weight excluding hydrogens is 440 g/mol. The number of carbonyl (C=O) groups excluding carboxylic acids is 1. The number of aryl methyl sites for hydroxylation is 2. The second-order valence-corrected chi connectivity index (χ2v) is 11.2. The lowest BCUT2D eigenvalue weighted by Gasteiger charge is -2.34. The van der Waals surface area contributed by atoms with Crippen molar-refractivity contribution in [1.82, 2.24) is 19.7 Å². The Labute approximate surface area is 196 Å². The molecule has 0 radical (unpaired) electrons. The van der Waals surface area contributed by atoms with Crippen molar-refractivity contribution in [1.29, 1.82) is 0 Å².